The van der Waals surface area contributed by atoms with E-state index >= 15 is 0 Å². The summed E-state index contributed by atoms with van der Waals surface area (Å²) in [5.41, 5.74) is 3.08. The lowest BCUT2D eigenvalue weighted by atomic mass is 10.1. The average molecular weight is 363 g/mol. The maximum atomic E-state index is 13.5. The van der Waals surface area contributed by atoms with E-state index in [9.17, 15) is 9.18 Å². The first-order valence-electron chi connectivity index (χ1n) is 9.20. The molecule has 138 valence electrons. The molecule has 2 aliphatic rings. The van der Waals surface area contributed by atoms with Crippen LogP contribution in [0.1, 0.15) is 11.1 Å². The van der Waals surface area contributed by atoms with Crippen molar-refractivity contribution in [1.82, 2.24) is 9.80 Å². The fourth-order valence-electron chi connectivity index (χ4n) is 3.45. The predicted octanol–water partition coefficient (Wildman–Crippen LogP) is 3.45. The second kappa shape index (κ2) is 7.76. The van der Waals surface area contributed by atoms with E-state index in [1.54, 1.807) is 6.07 Å². The zero-order chi connectivity index (χ0) is 18.6. The number of hydrogen-bond donors (Lipinski definition) is 1. The number of nitrogens with one attached hydrogen (secondary N) is 1. The summed E-state index contributed by atoms with van der Waals surface area (Å²) in [6, 6.07) is 14.7. The molecule has 0 bridgehead atoms. The number of anilines is 1. The Morgan fingerprint density at radius 1 is 1.04 bits per heavy atom. The minimum atomic E-state index is -0.328. The number of halogens is 1. The number of rotatable bonds is 4. The van der Waals surface area contributed by atoms with Crippen molar-refractivity contribution < 1.29 is 9.18 Å². The molecule has 0 atom stereocenters. The summed E-state index contributed by atoms with van der Waals surface area (Å²) in [7, 11) is 0. The molecule has 0 aliphatic carbocycles. The normalized spacial score (nSPS) is 18.9. The summed E-state index contributed by atoms with van der Waals surface area (Å²) in [4.78, 5) is 16.7. The molecule has 1 fully saturated rings. The molecule has 2 aromatic carbocycles. The summed E-state index contributed by atoms with van der Waals surface area (Å²) in [5, 5.41) is 2.80. The van der Waals surface area contributed by atoms with Crippen LogP contribution in [-0.2, 0) is 4.79 Å². The second-order valence-electron chi connectivity index (χ2n) is 6.84. The molecule has 1 N–H and O–H groups in total. The first kappa shape index (κ1) is 17.5. The highest BCUT2D eigenvalue weighted by Gasteiger charge is 2.26. The van der Waals surface area contributed by atoms with Gasteiger partial charge in [-0.2, -0.15) is 0 Å². The van der Waals surface area contributed by atoms with Crippen molar-refractivity contribution in [3.63, 3.8) is 0 Å². The molecule has 0 radical (unpaired) electrons. The Bertz CT molecular complexity index is 884. The van der Waals surface area contributed by atoms with Gasteiger partial charge in [0.05, 0.1) is 5.57 Å². The summed E-state index contributed by atoms with van der Waals surface area (Å²) >= 11 is 0. The van der Waals surface area contributed by atoms with Crippen LogP contribution in [0.15, 0.2) is 60.8 Å². The lowest BCUT2D eigenvalue weighted by Gasteiger charge is -2.33. The van der Waals surface area contributed by atoms with Gasteiger partial charge in [0.1, 0.15) is 5.82 Å². The third kappa shape index (κ3) is 4.09. The lowest BCUT2D eigenvalue weighted by molar-refractivity contribution is -0.110. The van der Waals surface area contributed by atoms with E-state index in [1.807, 2.05) is 24.4 Å². The summed E-state index contributed by atoms with van der Waals surface area (Å²) in [5.74, 6) is -0.491. The van der Waals surface area contributed by atoms with Crippen molar-refractivity contribution in [2.24, 2.45) is 0 Å². The summed E-state index contributed by atoms with van der Waals surface area (Å²) in [6.45, 7) is 4.47. The molecule has 0 saturated carbocycles. The summed E-state index contributed by atoms with van der Waals surface area (Å²) in [6.07, 6.45) is 6.20. The quantitative estimate of drug-likeness (QED) is 0.845. The molecular weight excluding hydrogens is 341 g/mol. The minimum Gasteiger partial charge on any atom is -0.374 e. The zero-order valence-corrected chi connectivity index (χ0v) is 15.1. The van der Waals surface area contributed by atoms with Crippen LogP contribution in [-0.4, -0.2) is 48.4 Å². The van der Waals surface area contributed by atoms with Crippen LogP contribution >= 0.6 is 0 Å². The number of hydrogen-bond acceptors (Lipinski definition) is 3. The van der Waals surface area contributed by atoms with Crippen molar-refractivity contribution in [3.05, 3.63) is 77.8 Å². The average Bonchev–Trinajstić information content (AvgIpc) is 2.99. The zero-order valence-electron chi connectivity index (χ0n) is 15.1. The molecule has 27 heavy (non-hydrogen) atoms. The van der Waals surface area contributed by atoms with E-state index in [1.165, 1.54) is 17.7 Å². The molecule has 0 aromatic heterocycles. The number of carbonyl (C=O) groups is 1. The Hall–Kier alpha value is -2.92. The minimum absolute atomic E-state index is 0.163. The maximum absolute atomic E-state index is 13.5. The van der Waals surface area contributed by atoms with Gasteiger partial charge >= 0.3 is 0 Å². The van der Waals surface area contributed by atoms with Crippen LogP contribution in [0.2, 0.25) is 0 Å². The van der Waals surface area contributed by atoms with Crippen molar-refractivity contribution >= 4 is 23.2 Å². The Morgan fingerprint density at radius 2 is 1.81 bits per heavy atom. The molecule has 1 amide bonds. The number of amides is 1. The third-order valence-electron chi connectivity index (χ3n) is 4.96. The van der Waals surface area contributed by atoms with Gasteiger partial charge in [0.2, 0.25) is 0 Å². The van der Waals surface area contributed by atoms with Gasteiger partial charge in [-0.15, -0.1) is 0 Å². The molecule has 2 aliphatic heterocycles. The van der Waals surface area contributed by atoms with Gasteiger partial charge in [-0.25, -0.2) is 4.39 Å². The van der Waals surface area contributed by atoms with Crippen LogP contribution in [0.5, 0.6) is 0 Å². The van der Waals surface area contributed by atoms with Crippen molar-refractivity contribution in [2.45, 2.75) is 0 Å². The third-order valence-corrected chi connectivity index (χ3v) is 4.96. The Labute approximate surface area is 158 Å². The van der Waals surface area contributed by atoms with E-state index in [0.29, 0.717) is 16.8 Å². The smallest absolute Gasteiger partial charge is 0.257 e. The lowest BCUT2D eigenvalue weighted by Crippen LogP contribution is -2.44. The van der Waals surface area contributed by atoms with E-state index in [2.05, 4.69) is 39.4 Å². The standard InChI is InChI=1S/C22H22FN3O/c23-18-8-9-21-19(15-18)20(22(27)24-21)16-26-13-11-25(12-14-26)10-4-7-17-5-2-1-3-6-17/h1-9,15-16H,10-14H2,(H,24,27)/b7-4+,20-16+. The monoisotopic (exact) mass is 363 g/mol. The number of nitrogens with zero attached hydrogens (tertiary/aromatic N) is 2. The SMILES string of the molecule is O=C1Nc2ccc(F)cc2/C1=C\N1CCN(C/C=C/c2ccccc2)CC1. The Kier molecular flexibility index (Phi) is 5.03. The maximum Gasteiger partial charge on any atom is 0.257 e. The number of fused-ring (bicyclic) bond motifs is 1. The van der Waals surface area contributed by atoms with Crippen LogP contribution in [0.4, 0.5) is 10.1 Å². The van der Waals surface area contributed by atoms with E-state index in [-0.39, 0.29) is 11.7 Å². The highest BCUT2D eigenvalue weighted by Crippen LogP contribution is 2.32. The predicted molar refractivity (Wildman–Crippen MR) is 106 cm³/mol. The van der Waals surface area contributed by atoms with Crippen molar-refractivity contribution in [1.29, 1.82) is 0 Å². The molecule has 1 saturated heterocycles. The van der Waals surface area contributed by atoms with Crippen molar-refractivity contribution in [2.75, 3.05) is 38.0 Å². The molecule has 0 spiro atoms. The molecule has 5 heteroatoms. The van der Waals surface area contributed by atoms with Gasteiger partial charge in [-0.1, -0.05) is 42.5 Å². The fourth-order valence-corrected chi connectivity index (χ4v) is 3.45. The van der Waals surface area contributed by atoms with Gasteiger partial charge in [0.15, 0.2) is 0 Å². The van der Waals surface area contributed by atoms with Crippen molar-refractivity contribution in [3.8, 4) is 0 Å². The van der Waals surface area contributed by atoms with Crippen LogP contribution in [0.3, 0.4) is 0 Å². The molecular formula is C22H22FN3O. The van der Waals surface area contributed by atoms with Crippen LogP contribution < -0.4 is 5.32 Å². The number of piperazine rings is 1. The largest absolute Gasteiger partial charge is 0.374 e. The highest BCUT2D eigenvalue weighted by molar-refractivity contribution is 6.31. The van der Waals surface area contributed by atoms with E-state index < -0.39 is 0 Å². The van der Waals surface area contributed by atoms with Crippen LogP contribution in [0, 0.1) is 5.82 Å². The number of benzene rings is 2. The Morgan fingerprint density at radius 3 is 2.59 bits per heavy atom. The topological polar surface area (TPSA) is 35.6 Å². The summed E-state index contributed by atoms with van der Waals surface area (Å²) < 4.78 is 13.5. The van der Waals surface area contributed by atoms with E-state index in [4.69, 9.17) is 0 Å². The van der Waals surface area contributed by atoms with Gasteiger partial charge in [0.25, 0.3) is 5.91 Å². The molecule has 2 heterocycles. The first-order valence-corrected chi connectivity index (χ1v) is 9.20. The van der Waals surface area contributed by atoms with Gasteiger partial charge in [-0.05, 0) is 23.8 Å². The highest BCUT2D eigenvalue weighted by atomic mass is 19.1. The molecule has 2 aromatic rings. The van der Waals surface area contributed by atoms with Gasteiger partial charge in [-0.3, -0.25) is 9.69 Å². The second-order valence-corrected chi connectivity index (χ2v) is 6.84. The Balaban J connectivity index is 1.35. The molecule has 0 unspecified atom stereocenters. The fraction of sp³-hybridized carbons (Fsp3) is 0.227. The molecule has 4 nitrogen and oxygen atoms in total. The number of carbonyl (C=O) groups excluding carboxylic acids is 1. The molecule has 4 rings (SSSR count). The van der Waals surface area contributed by atoms with Gasteiger partial charge in [0, 0.05) is 50.2 Å². The first-order chi connectivity index (χ1) is 13.2. The van der Waals surface area contributed by atoms with E-state index in [0.717, 1.165) is 32.7 Å². The van der Waals surface area contributed by atoms with Crippen LogP contribution in [0.25, 0.3) is 11.6 Å². The van der Waals surface area contributed by atoms with Gasteiger partial charge < -0.3 is 10.2 Å².